The molecule has 0 amide bonds. The van der Waals surface area contributed by atoms with Crippen molar-refractivity contribution in [3.05, 3.63) is 158 Å². The van der Waals surface area contributed by atoms with Crippen LogP contribution in [0.4, 0.5) is 0 Å². The Labute approximate surface area is 300 Å². The molecule has 236 valence electrons. The van der Waals surface area contributed by atoms with Crippen molar-refractivity contribution in [3.8, 4) is 16.8 Å². The van der Waals surface area contributed by atoms with Crippen LogP contribution in [0.25, 0.3) is 111 Å². The minimum Gasteiger partial charge on any atom is -0.308 e. The normalized spacial score (nSPS) is 12.3. The smallest absolute Gasteiger partial charge is 0.124 e. The van der Waals surface area contributed by atoms with Gasteiger partial charge in [0, 0.05) is 53.6 Å². The summed E-state index contributed by atoms with van der Waals surface area (Å²) in [6, 6.07) is 55.9. The highest BCUT2D eigenvalue weighted by Crippen LogP contribution is 2.52. The van der Waals surface area contributed by atoms with Crippen molar-refractivity contribution < 1.29 is 0 Å². The van der Waals surface area contributed by atoms with Gasteiger partial charge in [0.1, 0.15) is 4.83 Å². The fourth-order valence-electron chi connectivity index (χ4n) is 8.68. The summed E-state index contributed by atoms with van der Waals surface area (Å²) in [5.41, 5.74) is 6.07. The summed E-state index contributed by atoms with van der Waals surface area (Å²) in [5.74, 6) is 0. The highest BCUT2D eigenvalue weighted by Gasteiger charge is 2.24. The molecule has 0 aliphatic heterocycles. The van der Waals surface area contributed by atoms with Gasteiger partial charge in [0.05, 0.1) is 15.7 Å². The van der Waals surface area contributed by atoms with Crippen LogP contribution in [0.5, 0.6) is 0 Å². The van der Waals surface area contributed by atoms with Crippen molar-refractivity contribution in [2.45, 2.75) is 0 Å². The van der Waals surface area contributed by atoms with Crippen molar-refractivity contribution in [1.29, 1.82) is 0 Å². The van der Waals surface area contributed by atoms with Crippen molar-refractivity contribution >= 4 is 117 Å². The molecular weight excluding hydrogens is 657 g/mol. The Kier molecular flexibility index (Phi) is 5.56. The van der Waals surface area contributed by atoms with E-state index in [-0.39, 0.29) is 0 Å². The number of fused-ring (bicyclic) bond motifs is 18. The zero-order chi connectivity index (χ0) is 33.2. The van der Waals surface area contributed by atoms with Crippen LogP contribution >= 0.6 is 22.7 Å². The predicted molar refractivity (Wildman–Crippen MR) is 222 cm³/mol. The minimum absolute atomic E-state index is 1.08. The summed E-state index contributed by atoms with van der Waals surface area (Å²) in [6.45, 7) is 0. The van der Waals surface area contributed by atoms with E-state index in [1.54, 1.807) is 0 Å². The number of hydrogen-bond acceptors (Lipinski definition) is 3. The van der Waals surface area contributed by atoms with E-state index >= 15 is 0 Å². The predicted octanol–water partition coefficient (Wildman–Crippen LogP) is 14.0. The number of hydrogen-bond donors (Lipinski definition) is 0. The van der Waals surface area contributed by atoms with E-state index in [1.165, 1.54) is 101 Å². The van der Waals surface area contributed by atoms with E-state index < -0.39 is 0 Å². The molecule has 0 spiro atoms. The molecule has 0 saturated carbocycles. The zero-order valence-electron chi connectivity index (χ0n) is 27.2. The largest absolute Gasteiger partial charge is 0.308 e. The third kappa shape index (κ3) is 3.73. The third-order valence-electron chi connectivity index (χ3n) is 10.8. The summed E-state index contributed by atoms with van der Waals surface area (Å²) >= 11 is 3.73. The first-order valence-electron chi connectivity index (χ1n) is 17.3. The number of aromatic nitrogens is 2. The second kappa shape index (κ2) is 10.2. The van der Waals surface area contributed by atoms with E-state index in [9.17, 15) is 0 Å². The molecule has 12 rings (SSSR count). The molecule has 0 bridgehead atoms. The Hall–Kier alpha value is -6.07. The first kappa shape index (κ1) is 27.7. The van der Waals surface area contributed by atoms with Crippen molar-refractivity contribution in [1.82, 2.24) is 9.55 Å². The van der Waals surface area contributed by atoms with Gasteiger partial charge in [-0.3, -0.25) is 0 Å². The van der Waals surface area contributed by atoms with Gasteiger partial charge >= 0.3 is 0 Å². The summed E-state index contributed by atoms with van der Waals surface area (Å²) in [6.07, 6.45) is 1.92. The molecule has 0 radical (unpaired) electrons. The van der Waals surface area contributed by atoms with Crippen LogP contribution < -0.4 is 0 Å². The number of rotatable bonds is 2. The minimum atomic E-state index is 1.08. The molecule has 4 heteroatoms. The van der Waals surface area contributed by atoms with Gasteiger partial charge in [-0.2, -0.15) is 0 Å². The molecule has 0 N–H and O–H groups in total. The Morgan fingerprint density at radius 2 is 1.04 bits per heavy atom. The number of benzene rings is 8. The third-order valence-corrected chi connectivity index (χ3v) is 13.1. The molecule has 0 aliphatic carbocycles. The number of pyridine rings is 1. The van der Waals surface area contributed by atoms with Gasteiger partial charge in [-0.15, -0.1) is 22.7 Å². The van der Waals surface area contributed by atoms with Gasteiger partial charge in [0.15, 0.2) is 0 Å². The highest BCUT2D eigenvalue weighted by molar-refractivity contribution is 7.29. The van der Waals surface area contributed by atoms with Gasteiger partial charge in [-0.1, -0.05) is 109 Å². The number of nitrogens with zero attached hydrogens (tertiary/aromatic N) is 2. The Morgan fingerprint density at radius 3 is 1.84 bits per heavy atom. The maximum absolute atomic E-state index is 4.88. The lowest BCUT2D eigenvalue weighted by atomic mass is 9.92. The van der Waals surface area contributed by atoms with Crippen molar-refractivity contribution in [2.24, 2.45) is 0 Å². The number of para-hydroxylation sites is 1. The monoisotopic (exact) mass is 682 g/mol. The van der Waals surface area contributed by atoms with Gasteiger partial charge in [-0.05, 0) is 85.9 Å². The Morgan fingerprint density at radius 1 is 0.412 bits per heavy atom. The first-order valence-corrected chi connectivity index (χ1v) is 18.9. The molecule has 4 heterocycles. The Bertz CT molecular complexity index is 3400. The summed E-state index contributed by atoms with van der Waals surface area (Å²) in [5, 5.41) is 15.6. The van der Waals surface area contributed by atoms with Crippen LogP contribution in [-0.2, 0) is 0 Å². The average molecular weight is 683 g/mol. The van der Waals surface area contributed by atoms with Crippen LogP contribution in [0.3, 0.4) is 0 Å². The average Bonchev–Trinajstić information content (AvgIpc) is 3.88. The van der Waals surface area contributed by atoms with Gasteiger partial charge in [0.2, 0.25) is 0 Å². The molecule has 0 unspecified atom stereocenters. The van der Waals surface area contributed by atoms with Crippen LogP contribution in [0.2, 0.25) is 0 Å². The van der Waals surface area contributed by atoms with Gasteiger partial charge in [-0.25, -0.2) is 4.98 Å². The lowest BCUT2D eigenvalue weighted by molar-refractivity contribution is 1.19. The summed E-state index contributed by atoms with van der Waals surface area (Å²) in [4.78, 5) is 5.97. The van der Waals surface area contributed by atoms with Crippen LogP contribution in [0.15, 0.2) is 158 Å². The molecule has 0 aliphatic rings. The standard InChI is InChI=1S/C47H26N2S2/c1-2-15-32-30(13-1)31-14-3-4-16-33(31)38-26-28(22-23-34(32)38)27-11-9-12-29(25-27)49-39-20-7-5-17-35(39)43-44(49)46-42(37-19-10-24-48-47(37)51-46)41-36-18-6-8-21-40(36)50-45(41)43/h1-26H. The SMILES string of the molecule is c1cc(-c2ccc3c4ccccc4c4ccccc4c3c2)cc(-n2c3ccccc3c3c4sc5ccccc5c4c4c5cccnc5sc4c32)c1. The van der Waals surface area contributed by atoms with Gasteiger partial charge in [0.25, 0.3) is 0 Å². The first-order chi connectivity index (χ1) is 25.3. The highest BCUT2D eigenvalue weighted by atomic mass is 32.1. The molecule has 4 aromatic heterocycles. The Balaban J connectivity index is 1.18. The molecule has 8 aromatic carbocycles. The van der Waals surface area contributed by atoms with E-state index in [0.29, 0.717) is 0 Å². The van der Waals surface area contributed by atoms with Crippen LogP contribution in [0.1, 0.15) is 0 Å². The van der Waals surface area contributed by atoms with E-state index in [4.69, 9.17) is 4.98 Å². The second-order valence-corrected chi connectivity index (χ2v) is 15.5. The molecule has 12 aromatic rings. The molecule has 2 nitrogen and oxygen atoms in total. The summed E-state index contributed by atoms with van der Waals surface area (Å²) in [7, 11) is 0. The number of thiophene rings is 2. The maximum atomic E-state index is 4.88. The lowest BCUT2D eigenvalue weighted by Gasteiger charge is -2.13. The fraction of sp³-hybridized carbons (Fsp3) is 0. The van der Waals surface area contributed by atoms with E-state index in [0.717, 1.165) is 10.5 Å². The van der Waals surface area contributed by atoms with Crippen molar-refractivity contribution in [2.75, 3.05) is 0 Å². The van der Waals surface area contributed by atoms with Crippen LogP contribution in [-0.4, -0.2) is 9.55 Å². The van der Waals surface area contributed by atoms with E-state index in [2.05, 4.69) is 156 Å². The summed E-state index contributed by atoms with van der Waals surface area (Å²) < 4.78 is 6.47. The molecular formula is C47H26N2S2. The maximum Gasteiger partial charge on any atom is 0.124 e. The lowest BCUT2D eigenvalue weighted by Crippen LogP contribution is -1.94. The molecule has 0 saturated heterocycles. The quantitative estimate of drug-likeness (QED) is 0.166. The van der Waals surface area contributed by atoms with E-state index in [1.807, 2.05) is 28.9 Å². The second-order valence-electron chi connectivity index (χ2n) is 13.4. The molecule has 0 atom stereocenters. The molecule has 51 heavy (non-hydrogen) atoms. The van der Waals surface area contributed by atoms with Crippen LogP contribution in [0, 0.1) is 0 Å². The van der Waals surface area contributed by atoms with Gasteiger partial charge < -0.3 is 4.57 Å². The van der Waals surface area contributed by atoms with Crippen molar-refractivity contribution in [3.63, 3.8) is 0 Å². The fourth-order valence-corrected chi connectivity index (χ4v) is 11.1. The molecule has 0 fully saturated rings. The zero-order valence-corrected chi connectivity index (χ0v) is 28.9. The topological polar surface area (TPSA) is 17.8 Å².